The Kier molecular flexibility index (Phi) is 2.25. The van der Waals surface area contributed by atoms with Crippen LogP contribution < -0.4 is 0 Å². The molecular weight excluding hydrogens is 180 g/mol. The third kappa shape index (κ3) is 1.40. The van der Waals surface area contributed by atoms with E-state index in [1.165, 1.54) is 7.11 Å². The number of esters is 1. The van der Waals surface area contributed by atoms with Crippen molar-refractivity contribution in [2.45, 2.75) is 18.9 Å². The van der Waals surface area contributed by atoms with Crippen LogP contribution in [-0.2, 0) is 11.2 Å². The van der Waals surface area contributed by atoms with Gasteiger partial charge in [0.05, 0.1) is 18.8 Å². The van der Waals surface area contributed by atoms with Crippen LogP contribution in [0.25, 0.3) is 0 Å². The zero-order valence-corrected chi connectivity index (χ0v) is 7.99. The minimum Gasteiger partial charge on any atom is -0.465 e. The van der Waals surface area contributed by atoms with E-state index in [-0.39, 0.29) is 5.97 Å². The van der Waals surface area contributed by atoms with E-state index in [1.807, 2.05) is 6.07 Å². The summed E-state index contributed by atoms with van der Waals surface area (Å²) in [5.41, 5.74) is 2.50. The third-order valence-corrected chi connectivity index (χ3v) is 2.61. The van der Waals surface area contributed by atoms with Crippen LogP contribution >= 0.6 is 0 Å². The Morgan fingerprint density at radius 3 is 3.07 bits per heavy atom. The summed E-state index contributed by atoms with van der Waals surface area (Å²) in [7, 11) is 1.35. The first-order chi connectivity index (χ1) is 6.72. The molecule has 1 atom stereocenters. The van der Waals surface area contributed by atoms with Crippen LogP contribution in [-0.4, -0.2) is 18.2 Å². The normalized spacial score (nSPS) is 19.1. The molecule has 0 saturated carbocycles. The highest BCUT2D eigenvalue weighted by Gasteiger charge is 2.21. The Balaban J connectivity index is 2.39. The van der Waals surface area contributed by atoms with Gasteiger partial charge in [0.25, 0.3) is 0 Å². The zero-order chi connectivity index (χ0) is 10.1. The highest BCUT2D eigenvalue weighted by molar-refractivity contribution is 5.89. The number of aryl methyl sites for hydroxylation is 1. The Labute approximate surface area is 82.3 Å². The van der Waals surface area contributed by atoms with Crippen LogP contribution in [0.15, 0.2) is 18.2 Å². The first-order valence-corrected chi connectivity index (χ1v) is 4.61. The van der Waals surface area contributed by atoms with Crippen molar-refractivity contribution < 1.29 is 14.6 Å². The molecule has 3 heteroatoms. The summed E-state index contributed by atoms with van der Waals surface area (Å²) in [6.07, 6.45) is 1.22. The van der Waals surface area contributed by atoms with E-state index in [9.17, 15) is 9.90 Å². The van der Waals surface area contributed by atoms with Crippen molar-refractivity contribution in [2.24, 2.45) is 0 Å². The number of fused-ring (bicyclic) bond motifs is 1. The molecule has 0 fully saturated rings. The molecule has 1 aromatic rings. The average molecular weight is 192 g/mol. The molecule has 0 saturated heterocycles. The largest absolute Gasteiger partial charge is 0.465 e. The number of aliphatic hydroxyl groups excluding tert-OH is 1. The molecule has 0 aromatic heterocycles. The van der Waals surface area contributed by atoms with Crippen LogP contribution in [0.3, 0.4) is 0 Å². The summed E-state index contributed by atoms with van der Waals surface area (Å²) < 4.78 is 4.61. The maximum Gasteiger partial charge on any atom is 0.337 e. The van der Waals surface area contributed by atoms with Gasteiger partial charge in [-0.3, -0.25) is 0 Å². The standard InChI is InChI=1S/C11H12O3/c1-14-11(13)8-3-2-7-4-5-10(12)9(7)6-8/h2-3,6,10,12H,4-5H2,1H3/t10-/m1/s1. The third-order valence-electron chi connectivity index (χ3n) is 2.61. The van der Waals surface area contributed by atoms with Crippen LogP contribution in [0.2, 0.25) is 0 Å². The second-order valence-electron chi connectivity index (χ2n) is 3.46. The van der Waals surface area contributed by atoms with E-state index in [4.69, 9.17) is 0 Å². The molecule has 3 nitrogen and oxygen atoms in total. The molecule has 1 aromatic carbocycles. The lowest BCUT2D eigenvalue weighted by Crippen LogP contribution is -2.02. The number of hydrogen-bond donors (Lipinski definition) is 1. The predicted molar refractivity (Wildman–Crippen MR) is 51.1 cm³/mol. The number of benzene rings is 1. The van der Waals surface area contributed by atoms with Gasteiger partial charge in [-0.05, 0) is 36.1 Å². The van der Waals surface area contributed by atoms with Gasteiger partial charge >= 0.3 is 5.97 Å². The van der Waals surface area contributed by atoms with Crippen molar-refractivity contribution in [1.82, 2.24) is 0 Å². The fourth-order valence-corrected chi connectivity index (χ4v) is 1.83. The van der Waals surface area contributed by atoms with Gasteiger partial charge < -0.3 is 9.84 Å². The van der Waals surface area contributed by atoms with Gasteiger partial charge in [0.2, 0.25) is 0 Å². The minimum absolute atomic E-state index is 0.355. The first kappa shape index (κ1) is 9.21. The van der Waals surface area contributed by atoms with Crippen molar-refractivity contribution in [3.8, 4) is 0 Å². The maximum atomic E-state index is 11.2. The molecule has 14 heavy (non-hydrogen) atoms. The van der Waals surface area contributed by atoms with Gasteiger partial charge in [0.1, 0.15) is 0 Å². The molecule has 0 radical (unpaired) electrons. The Morgan fingerprint density at radius 1 is 1.57 bits per heavy atom. The Hall–Kier alpha value is -1.35. The molecule has 0 heterocycles. The van der Waals surface area contributed by atoms with Crippen molar-refractivity contribution in [2.75, 3.05) is 7.11 Å². The van der Waals surface area contributed by atoms with E-state index >= 15 is 0 Å². The summed E-state index contributed by atoms with van der Waals surface area (Å²) in [5.74, 6) is -0.355. The second kappa shape index (κ2) is 3.42. The Morgan fingerprint density at radius 2 is 2.36 bits per heavy atom. The fraction of sp³-hybridized carbons (Fsp3) is 0.364. The van der Waals surface area contributed by atoms with Gasteiger partial charge in [-0.25, -0.2) is 4.79 Å². The van der Waals surface area contributed by atoms with E-state index in [1.54, 1.807) is 12.1 Å². The predicted octanol–water partition coefficient (Wildman–Crippen LogP) is 1.45. The summed E-state index contributed by atoms with van der Waals surface area (Å²) in [6, 6.07) is 5.35. The van der Waals surface area contributed by atoms with Gasteiger partial charge in [0, 0.05) is 0 Å². The highest BCUT2D eigenvalue weighted by Crippen LogP contribution is 2.31. The lowest BCUT2D eigenvalue weighted by molar-refractivity contribution is 0.0600. The monoisotopic (exact) mass is 192 g/mol. The molecule has 2 rings (SSSR count). The van der Waals surface area contributed by atoms with Crippen molar-refractivity contribution >= 4 is 5.97 Å². The molecule has 0 spiro atoms. The number of aliphatic hydroxyl groups is 1. The summed E-state index contributed by atoms with van der Waals surface area (Å²) in [5, 5.41) is 9.61. The van der Waals surface area contributed by atoms with Gasteiger partial charge in [-0.1, -0.05) is 6.07 Å². The molecule has 1 aliphatic rings. The fourth-order valence-electron chi connectivity index (χ4n) is 1.83. The molecule has 74 valence electrons. The number of carbonyl (C=O) groups excluding carboxylic acids is 1. The lowest BCUT2D eigenvalue weighted by atomic mass is 10.1. The number of hydrogen-bond acceptors (Lipinski definition) is 3. The number of methoxy groups -OCH3 is 1. The van der Waals surface area contributed by atoms with Crippen LogP contribution in [0.1, 0.15) is 34.0 Å². The van der Waals surface area contributed by atoms with Crippen molar-refractivity contribution in [1.29, 1.82) is 0 Å². The summed E-state index contributed by atoms with van der Waals surface area (Å²) in [6.45, 7) is 0. The topological polar surface area (TPSA) is 46.5 Å². The molecule has 0 amide bonds. The molecular formula is C11H12O3. The average Bonchev–Trinajstić information content (AvgIpc) is 2.59. The van der Waals surface area contributed by atoms with E-state index < -0.39 is 6.10 Å². The molecule has 0 unspecified atom stereocenters. The van der Waals surface area contributed by atoms with Gasteiger partial charge in [-0.2, -0.15) is 0 Å². The van der Waals surface area contributed by atoms with E-state index in [0.717, 1.165) is 24.0 Å². The van der Waals surface area contributed by atoms with Gasteiger partial charge in [-0.15, -0.1) is 0 Å². The lowest BCUT2D eigenvalue weighted by Gasteiger charge is -2.05. The molecule has 0 bridgehead atoms. The highest BCUT2D eigenvalue weighted by atomic mass is 16.5. The Bertz CT molecular complexity index is 371. The maximum absolute atomic E-state index is 11.2. The van der Waals surface area contributed by atoms with Crippen LogP contribution in [0, 0.1) is 0 Å². The van der Waals surface area contributed by atoms with Crippen molar-refractivity contribution in [3.05, 3.63) is 34.9 Å². The van der Waals surface area contributed by atoms with Crippen LogP contribution in [0.5, 0.6) is 0 Å². The SMILES string of the molecule is COC(=O)c1ccc2c(c1)[C@H](O)CC2. The smallest absolute Gasteiger partial charge is 0.337 e. The zero-order valence-electron chi connectivity index (χ0n) is 7.99. The van der Waals surface area contributed by atoms with Crippen LogP contribution in [0.4, 0.5) is 0 Å². The van der Waals surface area contributed by atoms with E-state index in [0.29, 0.717) is 5.56 Å². The van der Waals surface area contributed by atoms with Crippen molar-refractivity contribution in [3.63, 3.8) is 0 Å². The quantitative estimate of drug-likeness (QED) is 0.685. The summed E-state index contributed by atoms with van der Waals surface area (Å²) in [4.78, 5) is 11.2. The number of carbonyl (C=O) groups is 1. The molecule has 1 N–H and O–H groups in total. The van der Waals surface area contributed by atoms with Gasteiger partial charge in [0.15, 0.2) is 0 Å². The minimum atomic E-state index is -0.422. The molecule has 1 aliphatic carbocycles. The van der Waals surface area contributed by atoms with E-state index in [2.05, 4.69) is 4.74 Å². The second-order valence-corrected chi connectivity index (χ2v) is 3.46. The first-order valence-electron chi connectivity index (χ1n) is 4.61. The number of ether oxygens (including phenoxy) is 1. The molecule has 0 aliphatic heterocycles. The number of rotatable bonds is 1. The summed E-state index contributed by atoms with van der Waals surface area (Å²) >= 11 is 0.